The Hall–Kier alpha value is -2.34. The van der Waals surface area contributed by atoms with E-state index in [-0.39, 0.29) is 5.91 Å². The van der Waals surface area contributed by atoms with Gasteiger partial charge in [-0.25, -0.2) is 0 Å². The molecular weight excluding hydrogens is 380 g/mol. The number of carbonyl (C=O) groups excluding carboxylic acids is 1. The molecule has 0 atom stereocenters. The maximum absolute atomic E-state index is 12.1. The Morgan fingerprint density at radius 1 is 1.08 bits per heavy atom. The second kappa shape index (κ2) is 9.84. The zero-order valence-electron chi connectivity index (χ0n) is 14.5. The third-order valence-electron chi connectivity index (χ3n) is 3.62. The fraction of sp³-hybridized carbons (Fsp3) is 0.263. The molecule has 0 heterocycles. The number of amides is 1. The van der Waals surface area contributed by atoms with Gasteiger partial charge in [0, 0.05) is 43.8 Å². The smallest absolute Gasteiger partial charge is 0.251 e. The molecule has 0 aliphatic heterocycles. The summed E-state index contributed by atoms with van der Waals surface area (Å²) in [5.41, 5.74) is 1.86. The first-order chi connectivity index (χ1) is 12.1. The van der Waals surface area contributed by atoms with Gasteiger partial charge in [-0.2, -0.15) is 0 Å². The van der Waals surface area contributed by atoms with Crippen LogP contribution in [0.3, 0.4) is 0 Å². The number of hydrogen-bond acceptors (Lipinski definition) is 2. The van der Waals surface area contributed by atoms with Crippen LogP contribution in [-0.4, -0.2) is 44.0 Å². The van der Waals surface area contributed by atoms with Crippen LogP contribution in [0.15, 0.2) is 64.1 Å². The van der Waals surface area contributed by atoms with E-state index in [1.165, 1.54) is 5.56 Å². The third-order valence-corrected chi connectivity index (χ3v) is 4.11. The van der Waals surface area contributed by atoms with Gasteiger partial charge in [0.2, 0.25) is 0 Å². The molecule has 0 saturated carbocycles. The average molecular weight is 403 g/mol. The summed E-state index contributed by atoms with van der Waals surface area (Å²) >= 11 is 3.37. The highest BCUT2D eigenvalue weighted by Gasteiger charge is 2.07. The van der Waals surface area contributed by atoms with E-state index in [0.29, 0.717) is 18.7 Å². The molecule has 5 nitrogen and oxygen atoms in total. The Kier molecular flexibility index (Phi) is 7.47. The maximum Gasteiger partial charge on any atom is 0.251 e. The van der Waals surface area contributed by atoms with Crippen molar-refractivity contribution in [2.24, 2.45) is 4.99 Å². The zero-order chi connectivity index (χ0) is 18.1. The highest BCUT2D eigenvalue weighted by Crippen LogP contribution is 2.11. The maximum atomic E-state index is 12.1. The van der Waals surface area contributed by atoms with Crippen molar-refractivity contribution in [2.45, 2.75) is 6.54 Å². The standard InChI is InChI=1S/C19H23BrN4O/c1-21-19(24(2)14-15-7-4-3-5-8-15)23-12-11-22-18(25)16-9-6-10-17(20)13-16/h3-10,13H,11-12,14H2,1-2H3,(H,21,23)(H,22,25). The number of guanidine groups is 1. The van der Waals surface area contributed by atoms with Gasteiger partial charge in [0.15, 0.2) is 5.96 Å². The van der Waals surface area contributed by atoms with Gasteiger partial charge in [0.1, 0.15) is 0 Å². The highest BCUT2D eigenvalue weighted by molar-refractivity contribution is 9.10. The summed E-state index contributed by atoms with van der Waals surface area (Å²) < 4.78 is 0.890. The quantitative estimate of drug-likeness (QED) is 0.443. The molecule has 0 radical (unpaired) electrons. The molecule has 2 N–H and O–H groups in total. The van der Waals surface area contributed by atoms with Crippen molar-refractivity contribution in [1.82, 2.24) is 15.5 Å². The van der Waals surface area contributed by atoms with Gasteiger partial charge < -0.3 is 15.5 Å². The van der Waals surface area contributed by atoms with E-state index in [4.69, 9.17) is 0 Å². The first-order valence-electron chi connectivity index (χ1n) is 8.09. The number of benzene rings is 2. The summed E-state index contributed by atoms with van der Waals surface area (Å²) in [5, 5.41) is 6.16. The van der Waals surface area contributed by atoms with Crippen LogP contribution in [0.25, 0.3) is 0 Å². The number of nitrogens with one attached hydrogen (secondary N) is 2. The summed E-state index contributed by atoms with van der Waals surface area (Å²) in [6.07, 6.45) is 0. The second-order valence-electron chi connectivity index (χ2n) is 5.58. The predicted octanol–water partition coefficient (Wildman–Crippen LogP) is 2.89. The van der Waals surface area contributed by atoms with Gasteiger partial charge in [0.25, 0.3) is 5.91 Å². The van der Waals surface area contributed by atoms with Crippen molar-refractivity contribution >= 4 is 27.8 Å². The van der Waals surface area contributed by atoms with Gasteiger partial charge in [-0.05, 0) is 23.8 Å². The third kappa shape index (κ3) is 6.23. The molecule has 2 rings (SSSR count). The highest BCUT2D eigenvalue weighted by atomic mass is 79.9. The van der Waals surface area contributed by atoms with Crippen molar-refractivity contribution in [3.05, 3.63) is 70.2 Å². The van der Waals surface area contributed by atoms with E-state index in [2.05, 4.69) is 43.7 Å². The molecule has 0 aliphatic rings. The lowest BCUT2D eigenvalue weighted by Gasteiger charge is -2.22. The Balaban J connectivity index is 1.76. The molecule has 2 aromatic rings. The van der Waals surface area contributed by atoms with E-state index in [0.717, 1.165) is 17.0 Å². The first kappa shape index (κ1) is 19.0. The Morgan fingerprint density at radius 2 is 1.80 bits per heavy atom. The van der Waals surface area contributed by atoms with Crippen LogP contribution in [0.2, 0.25) is 0 Å². The summed E-state index contributed by atoms with van der Waals surface area (Å²) in [6, 6.07) is 17.6. The van der Waals surface area contributed by atoms with E-state index in [1.54, 1.807) is 19.2 Å². The minimum absolute atomic E-state index is 0.0873. The second-order valence-corrected chi connectivity index (χ2v) is 6.50. The number of halogens is 1. The van der Waals surface area contributed by atoms with Crippen molar-refractivity contribution in [3.8, 4) is 0 Å². The van der Waals surface area contributed by atoms with E-state index in [1.807, 2.05) is 42.3 Å². The number of carbonyl (C=O) groups is 1. The number of hydrogen-bond donors (Lipinski definition) is 2. The van der Waals surface area contributed by atoms with Gasteiger partial charge in [-0.3, -0.25) is 9.79 Å². The number of rotatable bonds is 6. The molecule has 0 unspecified atom stereocenters. The molecular formula is C19H23BrN4O. The van der Waals surface area contributed by atoms with Crippen LogP contribution >= 0.6 is 15.9 Å². The van der Waals surface area contributed by atoms with Crippen molar-refractivity contribution < 1.29 is 4.79 Å². The monoisotopic (exact) mass is 402 g/mol. The van der Waals surface area contributed by atoms with Crippen molar-refractivity contribution in [1.29, 1.82) is 0 Å². The van der Waals surface area contributed by atoms with E-state index in [9.17, 15) is 4.79 Å². The fourth-order valence-electron chi connectivity index (χ4n) is 2.40. The topological polar surface area (TPSA) is 56.7 Å². The average Bonchev–Trinajstić information content (AvgIpc) is 2.62. The van der Waals surface area contributed by atoms with Crippen LogP contribution < -0.4 is 10.6 Å². The molecule has 0 fully saturated rings. The lowest BCUT2D eigenvalue weighted by atomic mass is 10.2. The van der Waals surface area contributed by atoms with Crippen LogP contribution in [0.4, 0.5) is 0 Å². The first-order valence-corrected chi connectivity index (χ1v) is 8.89. The van der Waals surface area contributed by atoms with Crippen LogP contribution in [0, 0.1) is 0 Å². The summed E-state index contributed by atoms with van der Waals surface area (Å²) in [4.78, 5) is 18.4. The van der Waals surface area contributed by atoms with Gasteiger partial charge >= 0.3 is 0 Å². The summed E-state index contributed by atoms with van der Waals surface area (Å²) in [7, 11) is 3.74. The molecule has 6 heteroatoms. The molecule has 0 aliphatic carbocycles. The van der Waals surface area contributed by atoms with E-state index >= 15 is 0 Å². The van der Waals surface area contributed by atoms with Gasteiger partial charge in [-0.1, -0.05) is 52.3 Å². The zero-order valence-corrected chi connectivity index (χ0v) is 16.1. The fourth-order valence-corrected chi connectivity index (χ4v) is 2.80. The minimum Gasteiger partial charge on any atom is -0.354 e. The Morgan fingerprint density at radius 3 is 2.48 bits per heavy atom. The van der Waals surface area contributed by atoms with E-state index < -0.39 is 0 Å². The largest absolute Gasteiger partial charge is 0.354 e. The SMILES string of the molecule is CN=C(NCCNC(=O)c1cccc(Br)c1)N(C)Cc1ccccc1. The van der Waals surface area contributed by atoms with Crippen molar-refractivity contribution in [2.75, 3.05) is 27.2 Å². The van der Waals surface area contributed by atoms with Crippen LogP contribution in [0.5, 0.6) is 0 Å². The Labute approximate surface area is 157 Å². The molecule has 1 amide bonds. The number of nitrogens with zero attached hydrogens (tertiary/aromatic N) is 2. The summed E-state index contributed by atoms with van der Waals surface area (Å²) in [6.45, 7) is 1.89. The van der Waals surface area contributed by atoms with Crippen LogP contribution in [0.1, 0.15) is 15.9 Å². The van der Waals surface area contributed by atoms with Crippen molar-refractivity contribution in [3.63, 3.8) is 0 Å². The van der Waals surface area contributed by atoms with Gasteiger partial charge in [0.05, 0.1) is 0 Å². The van der Waals surface area contributed by atoms with Crippen LogP contribution in [-0.2, 0) is 6.54 Å². The molecule has 132 valence electrons. The molecule has 0 bridgehead atoms. The molecule has 0 spiro atoms. The molecule has 0 aromatic heterocycles. The summed E-state index contributed by atoms with van der Waals surface area (Å²) in [5.74, 6) is 0.705. The minimum atomic E-state index is -0.0873. The lowest BCUT2D eigenvalue weighted by molar-refractivity contribution is 0.0954. The molecule has 0 saturated heterocycles. The normalized spacial score (nSPS) is 11.1. The predicted molar refractivity (Wildman–Crippen MR) is 106 cm³/mol. The molecule has 25 heavy (non-hydrogen) atoms. The van der Waals surface area contributed by atoms with Gasteiger partial charge in [-0.15, -0.1) is 0 Å². The molecule has 2 aromatic carbocycles. The number of aliphatic imine (C=N–C) groups is 1. The Bertz CT molecular complexity index is 718. The lowest BCUT2D eigenvalue weighted by Crippen LogP contribution is -2.42.